The SMILES string of the molecule is Cc1ccc(ON2CCC(O)CC2)cc1. The van der Waals surface area contributed by atoms with Crippen molar-refractivity contribution in [3.05, 3.63) is 29.8 Å². The summed E-state index contributed by atoms with van der Waals surface area (Å²) < 4.78 is 0. The second-order valence-electron chi connectivity index (χ2n) is 4.06. The van der Waals surface area contributed by atoms with Crippen molar-refractivity contribution in [1.29, 1.82) is 0 Å². The lowest BCUT2D eigenvalue weighted by atomic mass is 10.1. The van der Waals surface area contributed by atoms with Gasteiger partial charge in [0.05, 0.1) is 6.10 Å². The van der Waals surface area contributed by atoms with Gasteiger partial charge in [-0.15, -0.1) is 5.06 Å². The molecule has 0 unspecified atom stereocenters. The van der Waals surface area contributed by atoms with Crippen LogP contribution in [0.1, 0.15) is 18.4 Å². The van der Waals surface area contributed by atoms with Crippen LogP contribution in [-0.4, -0.2) is 29.4 Å². The minimum Gasteiger partial charge on any atom is -0.406 e. The highest BCUT2D eigenvalue weighted by atomic mass is 16.7. The van der Waals surface area contributed by atoms with E-state index in [4.69, 9.17) is 4.84 Å². The first-order chi connectivity index (χ1) is 7.24. The van der Waals surface area contributed by atoms with Gasteiger partial charge in [-0.3, -0.25) is 0 Å². The summed E-state index contributed by atoms with van der Waals surface area (Å²) in [4.78, 5) is 5.68. The van der Waals surface area contributed by atoms with Crippen molar-refractivity contribution in [3.8, 4) is 5.75 Å². The number of hydrogen-bond donors (Lipinski definition) is 1. The van der Waals surface area contributed by atoms with E-state index < -0.39 is 0 Å². The molecular weight excluding hydrogens is 190 g/mol. The molecule has 1 saturated heterocycles. The van der Waals surface area contributed by atoms with Gasteiger partial charge in [-0.1, -0.05) is 17.7 Å². The fourth-order valence-electron chi connectivity index (χ4n) is 1.68. The van der Waals surface area contributed by atoms with E-state index in [1.807, 2.05) is 29.3 Å². The molecule has 0 bridgehead atoms. The van der Waals surface area contributed by atoms with Gasteiger partial charge in [-0.25, -0.2) is 0 Å². The normalized spacial score (nSPS) is 19.1. The Hall–Kier alpha value is -1.06. The summed E-state index contributed by atoms with van der Waals surface area (Å²) in [6, 6.07) is 8.02. The minimum atomic E-state index is -0.150. The fraction of sp³-hybridized carbons (Fsp3) is 0.500. The number of piperidine rings is 1. The van der Waals surface area contributed by atoms with Gasteiger partial charge in [0.2, 0.25) is 0 Å². The van der Waals surface area contributed by atoms with Crippen LogP contribution in [0, 0.1) is 6.92 Å². The van der Waals surface area contributed by atoms with Crippen molar-refractivity contribution in [2.75, 3.05) is 13.1 Å². The molecular formula is C12H17NO2. The molecule has 1 aromatic rings. The van der Waals surface area contributed by atoms with Crippen LogP contribution < -0.4 is 4.84 Å². The number of nitrogens with zero attached hydrogens (tertiary/aromatic N) is 1. The lowest BCUT2D eigenvalue weighted by Crippen LogP contribution is -2.38. The molecule has 82 valence electrons. The van der Waals surface area contributed by atoms with Crippen LogP contribution in [-0.2, 0) is 0 Å². The standard InChI is InChI=1S/C12H17NO2/c1-10-2-4-12(5-3-10)15-13-8-6-11(14)7-9-13/h2-5,11,14H,6-9H2,1H3. The highest BCUT2D eigenvalue weighted by Crippen LogP contribution is 2.16. The van der Waals surface area contributed by atoms with Gasteiger partial charge in [0.1, 0.15) is 5.75 Å². The predicted molar refractivity (Wildman–Crippen MR) is 58.6 cm³/mol. The van der Waals surface area contributed by atoms with Gasteiger partial charge >= 0.3 is 0 Å². The Labute approximate surface area is 90.2 Å². The molecule has 0 aromatic heterocycles. The Morgan fingerprint density at radius 2 is 1.80 bits per heavy atom. The molecule has 1 fully saturated rings. The summed E-state index contributed by atoms with van der Waals surface area (Å²) in [6.07, 6.45) is 1.44. The van der Waals surface area contributed by atoms with Gasteiger partial charge < -0.3 is 9.94 Å². The second-order valence-corrected chi connectivity index (χ2v) is 4.06. The number of benzene rings is 1. The van der Waals surface area contributed by atoms with Crippen LogP contribution in [0.3, 0.4) is 0 Å². The Morgan fingerprint density at radius 3 is 2.40 bits per heavy atom. The number of rotatable bonds is 2. The summed E-state index contributed by atoms with van der Waals surface area (Å²) in [5.74, 6) is 0.872. The molecule has 1 aliphatic rings. The van der Waals surface area contributed by atoms with E-state index in [2.05, 4.69) is 6.92 Å². The van der Waals surface area contributed by atoms with Crippen molar-refractivity contribution in [1.82, 2.24) is 5.06 Å². The van der Waals surface area contributed by atoms with Gasteiger partial charge in [-0.05, 0) is 31.9 Å². The van der Waals surface area contributed by atoms with Crippen molar-refractivity contribution in [3.63, 3.8) is 0 Å². The lowest BCUT2D eigenvalue weighted by molar-refractivity contribution is -0.0938. The van der Waals surface area contributed by atoms with Crippen LogP contribution >= 0.6 is 0 Å². The first-order valence-electron chi connectivity index (χ1n) is 5.42. The molecule has 0 amide bonds. The molecule has 2 rings (SSSR count). The fourth-order valence-corrected chi connectivity index (χ4v) is 1.68. The van der Waals surface area contributed by atoms with E-state index >= 15 is 0 Å². The molecule has 15 heavy (non-hydrogen) atoms. The number of aliphatic hydroxyl groups is 1. The van der Waals surface area contributed by atoms with Crippen molar-refractivity contribution < 1.29 is 9.94 Å². The van der Waals surface area contributed by atoms with Gasteiger partial charge in [-0.2, -0.15) is 0 Å². The van der Waals surface area contributed by atoms with Gasteiger partial charge in [0, 0.05) is 13.1 Å². The molecule has 3 heteroatoms. The molecule has 1 aliphatic heterocycles. The number of hydrogen-bond acceptors (Lipinski definition) is 3. The molecule has 1 aromatic carbocycles. The number of aliphatic hydroxyl groups excluding tert-OH is 1. The third-order valence-corrected chi connectivity index (χ3v) is 2.68. The number of aryl methyl sites for hydroxylation is 1. The van der Waals surface area contributed by atoms with Crippen LogP contribution in [0.4, 0.5) is 0 Å². The summed E-state index contributed by atoms with van der Waals surface area (Å²) in [5, 5.41) is 11.3. The zero-order valence-electron chi connectivity index (χ0n) is 9.02. The molecule has 0 radical (unpaired) electrons. The van der Waals surface area contributed by atoms with E-state index in [0.717, 1.165) is 31.7 Å². The molecule has 0 aliphatic carbocycles. The topological polar surface area (TPSA) is 32.7 Å². The van der Waals surface area contributed by atoms with Crippen molar-refractivity contribution in [2.45, 2.75) is 25.9 Å². The highest BCUT2D eigenvalue weighted by molar-refractivity contribution is 5.25. The first-order valence-corrected chi connectivity index (χ1v) is 5.42. The second kappa shape index (κ2) is 4.64. The third kappa shape index (κ3) is 2.94. The van der Waals surface area contributed by atoms with Crippen LogP contribution in [0.5, 0.6) is 5.75 Å². The molecule has 0 atom stereocenters. The van der Waals surface area contributed by atoms with Crippen molar-refractivity contribution >= 4 is 0 Å². The average molecular weight is 207 g/mol. The smallest absolute Gasteiger partial charge is 0.147 e. The quantitative estimate of drug-likeness (QED) is 0.802. The predicted octanol–water partition coefficient (Wildman–Crippen LogP) is 1.75. The molecule has 0 spiro atoms. The largest absolute Gasteiger partial charge is 0.406 e. The minimum absolute atomic E-state index is 0.150. The monoisotopic (exact) mass is 207 g/mol. The highest BCUT2D eigenvalue weighted by Gasteiger charge is 2.17. The third-order valence-electron chi connectivity index (χ3n) is 2.68. The Kier molecular flexibility index (Phi) is 3.23. The molecule has 1 heterocycles. The van der Waals surface area contributed by atoms with Gasteiger partial charge in [0.15, 0.2) is 0 Å². The maximum atomic E-state index is 9.35. The van der Waals surface area contributed by atoms with E-state index in [0.29, 0.717) is 0 Å². The Balaban J connectivity index is 1.89. The van der Waals surface area contributed by atoms with Crippen LogP contribution in [0.25, 0.3) is 0 Å². The Bertz CT molecular complexity index is 302. The summed E-state index contributed by atoms with van der Waals surface area (Å²) in [7, 11) is 0. The maximum absolute atomic E-state index is 9.35. The van der Waals surface area contributed by atoms with Gasteiger partial charge in [0.25, 0.3) is 0 Å². The van der Waals surface area contributed by atoms with Crippen LogP contribution in [0.15, 0.2) is 24.3 Å². The molecule has 1 N–H and O–H groups in total. The average Bonchev–Trinajstić information content (AvgIpc) is 2.25. The zero-order valence-corrected chi connectivity index (χ0v) is 9.02. The molecule has 0 saturated carbocycles. The van der Waals surface area contributed by atoms with E-state index in [1.54, 1.807) is 0 Å². The van der Waals surface area contributed by atoms with E-state index in [-0.39, 0.29) is 6.10 Å². The Morgan fingerprint density at radius 1 is 1.20 bits per heavy atom. The zero-order chi connectivity index (χ0) is 10.7. The van der Waals surface area contributed by atoms with Crippen LogP contribution in [0.2, 0.25) is 0 Å². The molecule has 3 nitrogen and oxygen atoms in total. The maximum Gasteiger partial charge on any atom is 0.147 e. The lowest BCUT2D eigenvalue weighted by Gasteiger charge is -2.28. The summed E-state index contributed by atoms with van der Waals surface area (Å²) in [6.45, 7) is 3.66. The first kappa shape index (κ1) is 10.5. The van der Waals surface area contributed by atoms with E-state index in [9.17, 15) is 5.11 Å². The van der Waals surface area contributed by atoms with Crippen molar-refractivity contribution in [2.24, 2.45) is 0 Å². The van der Waals surface area contributed by atoms with E-state index in [1.165, 1.54) is 5.56 Å². The summed E-state index contributed by atoms with van der Waals surface area (Å²) >= 11 is 0. The number of hydroxylamine groups is 2. The summed E-state index contributed by atoms with van der Waals surface area (Å²) in [5.41, 5.74) is 1.23.